The van der Waals surface area contributed by atoms with Gasteiger partial charge in [-0.25, -0.2) is 38.7 Å². The van der Waals surface area contributed by atoms with Gasteiger partial charge in [-0.3, -0.25) is 0 Å². The Morgan fingerprint density at radius 1 is 0.507 bits per heavy atom. The molecule has 0 aliphatic carbocycles. The van der Waals surface area contributed by atoms with Crippen LogP contribution < -0.4 is 10.2 Å². The second kappa shape index (κ2) is 24.6. The van der Waals surface area contributed by atoms with Gasteiger partial charge in [0, 0.05) is 72.3 Å². The van der Waals surface area contributed by atoms with Crippen LogP contribution >= 0.6 is 0 Å². The first-order valence-corrected chi connectivity index (χ1v) is 21.3. The van der Waals surface area contributed by atoms with Gasteiger partial charge in [0.1, 0.15) is 47.3 Å². The number of aromatic nitrogens is 8. The van der Waals surface area contributed by atoms with Crippen molar-refractivity contribution in [3.63, 3.8) is 0 Å². The molecule has 0 unspecified atom stereocenters. The fraction of sp³-hybridized carbons (Fsp3) is 0.200. The van der Waals surface area contributed by atoms with Crippen LogP contribution in [0.2, 0.25) is 0 Å². The topological polar surface area (TPSA) is 248 Å². The molecule has 4 heterocycles. The maximum absolute atomic E-state index is 13.7. The number of hydrogen-bond donors (Lipinski definition) is 4. The third-order valence-electron chi connectivity index (χ3n) is 10.6. The van der Waals surface area contributed by atoms with Crippen molar-refractivity contribution < 1.29 is 49.0 Å². The Kier molecular flexibility index (Phi) is 18.4. The van der Waals surface area contributed by atoms with E-state index in [1.165, 1.54) is 36.9 Å². The monoisotopic (exact) mass is 962 g/mol. The number of rotatable bonds is 18. The number of carbonyl (C=O) groups excluding carboxylic acids is 2. The van der Waals surface area contributed by atoms with Crippen LogP contribution in [0.25, 0.3) is 68.1 Å². The second-order valence-electron chi connectivity index (χ2n) is 15.7. The molecule has 19 heteroatoms. The van der Waals surface area contributed by atoms with Gasteiger partial charge in [-0.2, -0.15) is 0 Å². The molecule has 0 amide bonds. The standard InChI is InChI=1S/2C25H23FN4O4.Ca/c2*26-18-8-6-16(7-9-18)24-23(21-10-11-27-15-28-21)29-25(17-4-2-1-3-5-17)30(24)14-20(32)12-19(31)13-22(33)34;/h2*1-11,15,19-20,31-32H,12-14H2,(H,33,34);/q;;+2/p-2/t2*19-,20-;/m11./s1. The first-order valence-electron chi connectivity index (χ1n) is 21.3. The van der Waals surface area contributed by atoms with Gasteiger partial charge in [0.05, 0.1) is 60.3 Å². The summed E-state index contributed by atoms with van der Waals surface area (Å²) in [6.07, 6.45) is -0.255. The number of carboxylic acid groups (broad SMARTS) is 2. The van der Waals surface area contributed by atoms with Crippen LogP contribution in [0.3, 0.4) is 0 Å². The van der Waals surface area contributed by atoms with E-state index in [9.17, 15) is 49.0 Å². The average Bonchev–Trinajstić information content (AvgIpc) is 3.89. The van der Waals surface area contributed by atoms with Crippen molar-refractivity contribution in [3.8, 4) is 68.1 Å². The van der Waals surface area contributed by atoms with E-state index in [0.717, 1.165) is 11.1 Å². The number of nitrogens with zero attached hydrogens (tertiary/aromatic N) is 8. The SMILES string of the molecule is O=C([O-])C[C@H](O)C[C@@H](O)Cn1c(-c2ccccc2)nc(-c2ccncn2)c1-c1ccc(F)cc1.O=C([O-])C[C@H](O)C[C@@H](O)Cn1c(-c2ccccc2)nc(-c2ccncn2)c1-c1ccc(F)cc1.[Ca+2]. The zero-order valence-corrected chi connectivity index (χ0v) is 39.1. The van der Waals surface area contributed by atoms with Crippen LogP contribution in [0.15, 0.2) is 146 Å². The zero-order valence-electron chi connectivity index (χ0n) is 36.9. The third-order valence-corrected chi connectivity index (χ3v) is 10.6. The van der Waals surface area contributed by atoms with Crippen molar-refractivity contribution in [1.82, 2.24) is 39.0 Å². The normalized spacial score (nSPS) is 12.7. The summed E-state index contributed by atoms with van der Waals surface area (Å²) in [5, 5.41) is 63.1. The van der Waals surface area contributed by atoms with Crippen molar-refractivity contribution >= 4 is 49.7 Å². The van der Waals surface area contributed by atoms with Crippen molar-refractivity contribution in [1.29, 1.82) is 0 Å². The quantitative estimate of drug-likeness (QED) is 0.0896. The molecular weight excluding hydrogens is 919 g/mol. The summed E-state index contributed by atoms with van der Waals surface area (Å²) in [6, 6.07) is 33.8. The Hall–Kier alpha value is -6.64. The van der Waals surface area contributed by atoms with Gasteiger partial charge in [0.25, 0.3) is 0 Å². The minimum Gasteiger partial charge on any atom is -0.550 e. The van der Waals surface area contributed by atoms with E-state index in [0.29, 0.717) is 56.9 Å². The summed E-state index contributed by atoms with van der Waals surface area (Å²) in [7, 11) is 0. The Balaban J connectivity index is 0.000000224. The van der Waals surface area contributed by atoms with Crippen molar-refractivity contribution in [2.24, 2.45) is 0 Å². The molecule has 8 aromatic rings. The van der Waals surface area contributed by atoms with E-state index in [4.69, 9.17) is 9.97 Å². The van der Waals surface area contributed by atoms with Crippen molar-refractivity contribution in [2.45, 2.75) is 63.2 Å². The molecule has 4 atom stereocenters. The smallest absolute Gasteiger partial charge is 0.550 e. The Bertz CT molecular complexity index is 2700. The molecule has 16 nitrogen and oxygen atoms in total. The van der Waals surface area contributed by atoms with Gasteiger partial charge in [-0.15, -0.1) is 0 Å². The summed E-state index contributed by atoms with van der Waals surface area (Å²) in [6.45, 7) is -0.00173. The van der Waals surface area contributed by atoms with Gasteiger partial charge in [0.2, 0.25) is 0 Å². The molecule has 0 saturated heterocycles. The number of aliphatic hydroxyl groups is 4. The molecule has 0 aliphatic heterocycles. The molecular formula is C50H44CaF2N8O8. The molecule has 0 saturated carbocycles. The number of halogens is 2. The molecule has 8 rings (SSSR count). The van der Waals surface area contributed by atoms with Gasteiger partial charge in [-0.1, -0.05) is 60.7 Å². The molecule has 0 aliphatic rings. The van der Waals surface area contributed by atoms with Gasteiger partial charge in [-0.05, 0) is 60.7 Å². The molecule has 4 N–H and O–H groups in total. The zero-order chi connectivity index (χ0) is 48.2. The molecule has 4 aromatic carbocycles. The average molecular weight is 963 g/mol. The fourth-order valence-corrected chi connectivity index (χ4v) is 7.65. The molecule has 348 valence electrons. The number of carboxylic acids is 2. The van der Waals surface area contributed by atoms with E-state index < -0.39 is 60.8 Å². The van der Waals surface area contributed by atoms with Gasteiger partial charge in [0.15, 0.2) is 0 Å². The summed E-state index contributed by atoms with van der Waals surface area (Å²) in [4.78, 5) is 47.8. The Labute approximate surface area is 424 Å². The summed E-state index contributed by atoms with van der Waals surface area (Å²) in [5.41, 5.74) is 6.11. The summed E-state index contributed by atoms with van der Waals surface area (Å²) >= 11 is 0. The predicted octanol–water partition coefficient (Wildman–Crippen LogP) is 3.75. The third kappa shape index (κ3) is 13.8. The number of benzene rings is 4. The number of carbonyl (C=O) groups is 2. The van der Waals surface area contributed by atoms with Crippen LogP contribution in [-0.2, 0) is 22.7 Å². The first kappa shape index (κ1) is 51.7. The largest absolute Gasteiger partial charge is 2.00 e. The number of hydrogen-bond acceptors (Lipinski definition) is 14. The van der Waals surface area contributed by atoms with Crippen LogP contribution in [-0.4, -0.2) is 134 Å². The molecule has 0 spiro atoms. The minimum atomic E-state index is -1.40. The van der Waals surface area contributed by atoms with E-state index in [2.05, 4.69) is 19.9 Å². The Morgan fingerprint density at radius 2 is 0.870 bits per heavy atom. The van der Waals surface area contributed by atoms with Crippen molar-refractivity contribution in [3.05, 3.63) is 158 Å². The number of aliphatic carboxylic acids is 2. The number of imidazole rings is 2. The summed E-state index contributed by atoms with van der Waals surface area (Å²) < 4.78 is 30.9. The van der Waals surface area contributed by atoms with Crippen LogP contribution in [0.4, 0.5) is 8.78 Å². The first-order chi connectivity index (χ1) is 32.8. The maximum Gasteiger partial charge on any atom is 2.00 e. The molecule has 0 bridgehead atoms. The van der Waals surface area contributed by atoms with Gasteiger partial charge < -0.3 is 49.4 Å². The van der Waals surface area contributed by atoms with Crippen LogP contribution in [0.1, 0.15) is 25.7 Å². The minimum absolute atomic E-state index is 0. The maximum atomic E-state index is 13.7. The molecule has 0 radical (unpaired) electrons. The van der Waals surface area contributed by atoms with E-state index in [1.54, 1.807) is 57.9 Å². The molecule has 0 fully saturated rings. The molecule has 69 heavy (non-hydrogen) atoms. The predicted molar refractivity (Wildman–Crippen MR) is 246 cm³/mol. The van der Waals surface area contributed by atoms with E-state index in [-0.39, 0.29) is 63.7 Å². The van der Waals surface area contributed by atoms with Crippen LogP contribution in [0.5, 0.6) is 0 Å². The van der Waals surface area contributed by atoms with Crippen molar-refractivity contribution in [2.75, 3.05) is 0 Å². The van der Waals surface area contributed by atoms with Gasteiger partial charge >= 0.3 is 37.7 Å². The fourth-order valence-electron chi connectivity index (χ4n) is 7.65. The molecule has 4 aromatic heterocycles. The van der Waals surface area contributed by atoms with Crippen LogP contribution in [0, 0.1) is 11.6 Å². The number of aliphatic hydroxyl groups excluding tert-OH is 4. The summed E-state index contributed by atoms with van der Waals surface area (Å²) in [5.74, 6) is -2.53. The second-order valence-corrected chi connectivity index (χ2v) is 15.7. The Morgan fingerprint density at radius 3 is 1.19 bits per heavy atom. The van der Waals surface area contributed by atoms with E-state index in [1.807, 2.05) is 60.7 Å². The van der Waals surface area contributed by atoms with E-state index >= 15 is 0 Å².